The molecule has 1 saturated heterocycles. The smallest absolute Gasteiger partial charge is 0.471 e. The molecule has 0 aromatic rings. The van der Waals surface area contributed by atoms with Crippen LogP contribution in [0, 0.1) is 0 Å². The third-order valence-corrected chi connectivity index (χ3v) is 2.94. The molecule has 8 heteroatoms. The number of halogens is 3. The molecule has 1 amide bonds. The van der Waals surface area contributed by atoms with Crippen LogP contribution in [0.1, 0.15) is 13.3 Å². The van der Waals surface area contributed by atoms with Gasteiger partial charge in [0.1, 0.15) is 0 Å². The molecule has 1 aliphatic rings. The first-order valence-corrected chi connectivity index (χ1v) is 5.53. The number of piperazine rings is 1. The van der Waals surface area contributed by atoms with Crippen molar-refractivity contribution in [2.75, 3.05) is 26.2 Å². The first-order chi connectivity index (χ1) is 8.21. The molecule has 1 heterocycles. The summed E-state index contributed by atoms with van der Waals surface area (Å²) in [4.78, 5) is 24.0. The highest BCUT2D eigenvalue weighted by atomic mass is 19.4. The van der Waals surface area contributed by atoms with Crippen LogP contribution in [0.5, 0.6) is 0 Å². The Labute approximate surface area is 102 Å². The first kappa shape index (κ1) is 14.7. The molecule has 0 aromatic carbocycles. The second-order valence-electron chi connectivity index (χ2n) is 4.27. The monoisotopic (exact) mass is 268 g/mol. The van der Waals surface area contributed by atoms with Crippen molar-refractivity contribution < 1.29 is 27.9 Å². The van der Waals surface area contributed by atoms with Crippen LogP contribution < -0.4 is 0 Å². The highest BCUT2D eigenvalue weighted by Crippen LogP contribution is 2.20. The van der Waals surface area contributed by atoms with Gasteiger partial charge in [-0.1, -0.05) is 0 Å². The summed E-state index contributed by atoms with van der Waals surface area (Å²) in [5, 5.41) is 8.62. The van der Waals surface area contributed by atoms with E-state index in [0.29, 0.717) is 0 Å². The average molecular weight is 268 g/mol. The maximum Gasteiger partial charge on any atom is 0.471 e. The molecule has 1 N–H and O–H groups in total. The third kappa shape index (κ3) is 3.86. The van der Waals surface area contributed by atoms with E-state index in [-0.39, 0.29) is 38.6 Å². The van der Waals surface area contributed by atoms with E-state index in [0.717, 1.165) is 4.90 Å². The van der Waals surface area contributed by atoms with E-state index in [4.69, 9.17) is 5.11 Å². The number of carboxylic acid groups (broad SMARTS) is 1. The van der Waals surface area contributed by atoms with Gasteiger partial charge in [0, 0.05) is 32.2 Å². The Morgan fingerprint density at radius 3 is 2.11 bits per heavy atom. The summed E-state index contributed by atoms with van der Waals surface area (Å²) in [7, 11) is 0. The summed E-state index contributed by atoms with van der Waals surface area (Å²) >= 11 is 0. The van der Waals surface area contributed by atoms with Gasteiger partial charge in [-0.15, -0.1) is 0 Å². The molecule has 18 heavy (non-hydrogen) atoms. The fourth-order valence-corrected chi connectivity index (χ4v) is 1.93. The van der Waals surface area contributed by atoms with Gasteiger partial charge >= 0.3 is 18.1 Å². The number of rotatable bonds is 3. The lowest BCUT2D eigenvalue weighted by Crippen LogP contribution is -2.54. The molecule has 5 nitrogen and oxygen atoms in total. The lowest BCUT2D eigenvalue weighted by molar-refractivity contribution is -0.187. The Morgan fingerprint density at radius 1 is 1.22 bits per heavy atom. The lowest BCUT2D eigenvalue weighted by Gasteiger charge is -2.37. The van der Waals surface area contributed by atoms with Gasteiger partial charge in [-0.3, -0.25) is 14.5 Å². The van der Waals surface area contributed by atoms with E-state index in [1.807, 2.05) is 0 Å². The standard InChI is InChI=1S/C10H15F3N2O3/c1-7(6-8(16)17)14-2-4-15(5-3-14)9(18)10(11,12)13/h7H,2-6H2,1H3,(H,16,17). The van der Waals surface area contributed by atoms with Crippen LogP contribution >= 0.6 is 0 Å². The largest absolute Gasteiger partial charge is 0.481 e. The van der Waals surface area contributed by atoms with E-state index < -0.39 is 18.1 Å². The summed E-state index contributed by atoms with van der Waals surface area (Å²) < 4.78 is 36.5. The highest BCUT2D eigenvalue weighted by molar-refractivity contribution is 5.81. The van der Waals surface area contributed by atoms with Gasteiger partial charge in [-0.25, -0.2) is 0 Å². The second kappa shape index (κ2) is 5.55. The SMILES string of the molecule is CC(CC(=O)O)N1CCN(C(=O)C(F)(F)F)CC1. The number of hydrogen-bond donors (Lipinski definition) is 1. The average Bonchev–Trinajstić information content (AvgIpc) is 2.26. The predicted octanol–water partition coefficient (Wildman–Crippen LogP) is 0.556. The fourth-order valence-electron chi connectivity index (χ4n) is 1.93. The van der Waals surface area contributed by atoms with Gasteiger partial charge in [-0.05, 0) is 6.92 Å². The second-order valence-corrected chi connectivity index (χ2v) is 4.27. The van der Waals surface area contributed by atoms with Crippen LogP contribution in [0.15, 0.2) is 0 Å². The Kier molecular flexibility index (Phi) is 4.55. The van der Waals surface area contributed by atoms with Crippen LogP contribution in [-0.2, 0) is 9.59 Å². The van der Waals surface area contributed by atoms with Crippen molar-refractivity contribution in [3.05, 3.63) is 0 Å². The molecule has 1 unspecified atom stereocenters. The van der Waals surface area contributed by atoms with Crippen molar-refractivity contribution in [3.8, 4) is 0 Å². The predicted molar refractivity (Wildman–Crippen MR) is 55.9 cm³/mol. The first-order valence-electron chi connectivity index (χ1n) is 5.53. The zero-order valence-corrected chi connectivity index (χ0v) is 9.90. The maximum absolute atomic E-state index is 12.2. The minimum Gasteiger partial charge on any atom is -0.481 e. The summed E-state index contributed by atoms with van der Waals surface area (Å²) in [5.74, 6) is -2.77. The molecule has 104 valence electrons. The van der Waals surface area contributed by atoms with Crippen molar-refractivity contribution in [2.24, 2.45) is 0 Å². The van der Waals surface area contributed by atoms with Gasteiger partial charge in [-0.2, -0.15) is 13.2 Å². The quantitative estimate of drug-likeness (QED) is 0.812. The zero-order valence-electron chi connectivity index (χ0n) is 9.90. The summed E-state index contributed by atoms with van der Waals surface area (Å²) in [5.41, 5.74) is 0. The van der Waals surface area contributed by atoms with Crippen LogP contribution in [0.2, 0.25) is 0 Å². The molecule has 0 spiro atoms. The molecule has 1 aliphatic heterocycles. The molecule has 0 bridgehead atoms. The van der Waals surface area contributed by atoms with E-state index in [1.54, 1.807) is 11.8 Å². The van der Waals surface area contributed by atoms with Gasteiger partial charge in [0.2, 0.25) is 0 Å². The normalized spacial score (nSPS) is 19.7. The number of carboxylic acids is 1. The summed E-state index contributed by atoms with van der Waals surface area (Å²) in [6.07, 6.45) is -4.90. The Balaban J connectivity index is 2.46. The Hall–Kier alpha value is -1.31. The van der Waals surface area contributed by atoms with Crippen LogP contribution in [0.3, 0.4) is 0 Å². The third-order valence-electron chi connectivity index (χ3n) is 2.94. The van der Waals surface area contributed by atoms with Crippen molar-refractivity contribution in [2.45, 2.75) is 25.6 Å². The van der Waals surface area contributed by atoms with E-state index in [9.17, 15) is 22.8 Å². The van der Waals surface area contributed by atoms with E-state index in [1.165, 1.54) is 0 Å². The number of carbonyl (C=O) groups excluding carboxylic acids is 1. The maximum atomic E-state index is 12.2. The van der Waals surface area contributed by atoms with Crippen molar-refractivity contribution >= 4 is 11.9 Å². The molecule has 1 atom stereocenters. The Bertz CT molecular complexity index is 325. The molecule has 0 radical (unpaired) electrons. The molecule has 1 fully saturated rings. The number of alkyl halides is 3. The van der Waals surface area contributed by atoms with Crippen LogP contribution in [0.25, 0.3) is 0 Å². The molecule has 0 saturated carbocycles. The van der Waals surface area contributed by atoms with Crippen LogP contribution in [0.4, 0.5) is 13.2 Å². The highest BCUT2D eigenvalue weighted by Gasteiger charge is 2.43. The van der Waals surface area contributed by atoms with Gasteiger partial charge in [0.15, 0.2) is 0 Å². The summed E-state index contributed by atoms with van der Waals surface area (Å²) in [6.45, 7) is 2.17. The molecule has 1 rings (SSSR count). The van der Waals surface area contributed by atoms with Crippen molar-refractivity contribution in [1.29, 1.82) is 0 Å². The minimum absolute atomic E-state index is 0.0255. The Morgan fingerprint density at radius 2 is 1.72 bits per heavy atom. The molecule has 0 aromatic heterocycles. The van der Waals surface area contributed by atoms with Crippen molar-refractivity contribution in [3.63, 3.8) is 0 Å². The molecular formula is C10H15F3N2O3. The van der Waals surface area contributed by atoms with E-state index >= 15 is 0 Å². The minimum atomic E-state index is -4.84. The number of hydrogen-bond acceptors (Lipinski definition) is 3. The zero-order chi connectivity index (χ0) is 13.9. The number of amides is 1. The number of carbonyl (C=O) groups is 2. The lowest BCUT2D eigenvalue weighted by atomic mass is 10.1. The fraction of sp³-hybridized carbons (Fsp3) is 0.800. The van der Waals surface area contributed by atoms with Crippen molar-refractivity contribution in [1.82, 2.24) is 9.80 Å². The van der Waals surface area contributed by atoms with Gasteiger partial charge < -0.3 is 10.0 Å². The molecule has 0 aliphatic carbocycles. The van der Waals surface area contributed by atoms with Gasteiger partial charge in [0.05, 0.1) is 6.42 Å². The number of nitrogens with zero attached hydrogens (tertiary/aromatic N) is 2. The van der Waals surface area contributed by atoms with Gasteiger partial charge in [0.25, 0.3) is 0 Å². The molecular weight excluding hydrogens is 253 g/mol. The van der Waals surface area contributed by atoms with E-state index in [2.05, 4.69) is 0 Å². The van der Waals surface area contributed by atoms with Crippen LogP contribution in [-0.4, -0.2) is 65.2 Å². The summed E-state index contributed by atoms with van der Waals surface area (Å²) in [6, 6.07) is -0.245. The topological polar surface area (TPSA) is 60.9 Å². The number of aliphatic carboxylic acids is 1.